The molecule has 1 fully saturated rings. The van der Waals surface area contributed by atoms with Crippen LogP contribution in [-0.4, -0.2) is 36.6 Å². The minimum atomic E-state index is -3.15. The van der Waals surface area contributed by atoms with Crippen LogP contribution in [0, 0.1) is 5.92 Å². The van der Waals surface area contributed by atoms with Crippen molar-refractivity contribution in [2.45, 2.75) is 26.2 Å². The van der Waals surface area contributed by atoms with Gasteiger partial charge in [0, 0.05) is 6.54 Å². The summed E-state index contributed by atoms with van der Waals surface area (Å²) >= 11 is 4.76. The maximum atomic E-state index is 11.9. The van der Waals surface area contributed by atoms with Gasteiger partial charge in [-0.05, 0) is 25.2 Å². The quantitative estimate of drug-likeness (QED) is 0.676. The lowest BCUT2D eigenvalue weighted by Crippen LogP contribution is -2.39. The van der Waals surface area contributed by atoms with Crippen molar-refractivity contribution in [2.75, 3.05) is 18.8 Å². The zero-order chi connectivity index (χ0) is 11.5. The van der Waals surface area contributed by atoms with Crippen molar-refractivity contribution in [1.82, 2.24) is 4.31 Å². The highest BCUT2D eigenvalue weighted by atomic mass is 32.2. The molecule has 1 aliphatic rings. The van der Waals surface area contributed by atoms with Crippen molar-refractivity contribution >= 4 is 27.2 Å². The van der Waals surface area contributed by atoms with Crippen LogP contribution in [0.1, 0.15) is 26.2 Å². The van der Waals surface area contributed by atoms with Gasteiger partial charge in [-0.2, -0.15) is 4.31 Å². The fraction of sp³-hybridized carbons (Fsp3) is 0.889. The lowest BCUT2D eigenvalue weighted by molar-refractivity contribution is 0.447. The molecule has 15 heavy (non-hydrogen) atoms. The molecule has 0 spiro atoms. The van der Waals surface area contributed by atoms with Gasteiger partial charge in [0.2, 0.25) is 10.0 Å². The number of thiocarbonyl (C=S) groups is 1. The lowest BCUT2D eigenvalue weighted by atomic mass is 10.5. The summed E-state index contributed by atoms with van der Waals surface area (Å²) in [6.07, 6.45) is 2.85. The van der Waals surface area contributed by atoms with Crippen molar-refractivity contribution < 1.29 is 8.42 Å². The Morgan fingerprint density at radius 1 is 1.53 bits per heavy atom. The van der Waals surface area contributed by atoms with Crippen molar-refractivity contribution in [3.8, 4) is 0 Å². The average molecular weight is 250 g/mol. The maximum Gasteiger partial charge on any atom is 0.214 e. The minimum Gasteiger partial charge on any atom is -0.392 e. The molecule has 0 unspecified atom stereocenters. The Balaban J connectivity index is 2.62. The van der Waals surface area contributed by atoms with Crippen molar-refractivity contribution in [3.05, 3.63) is 0 Å². The van der Waals surface area contributed by atoms with Crippen LogP contribution < -0.4 is 5.73 Å². The molecule has 1 saturated carbocycles. The Labute approximate surface area is 96.9 Å². The number of sulfonamides is 1. The topological polar surface area (TPSA) is 63.4 Å². The van der Waals surface area contributed by atoms with Gasteiger partial charge in [0.1, 0.15) is 0 Å². The van der Waals surface area contributed by atoms with Crippen LogP contribution in [0.2, 0.25) is 0 Å². The van der Waals surface area contributed by atoms with Crippen LogP contribution in [0.5, 0.6) is 0 Å². The fourth-order valence-electron chi connectivity index (χ4n) is 1.43. The van der Waals surface area contributed by atoms with Crippen LogP contribution in [0.3, 0.4) is 0 Å². The second kappa shape index (κ2) is 5.23. The number of hydrogen-bond acceptors (Lipinski definition) is 3. The van der Waals surface area contributed by atoms with E-state index >= 15 is 0 Å². The predicted octanol–water partition coefficient (Wildman–Crippen LogP) is 0.724. The van der Waals surface area contributed by atoms with Crippen molar-refractivity contribution in [2.24, 2.45) is 11.7 Å². The van der Waals surface area contributed by atoms with Gasteiger partial charge in [0.15, 0.2) is 0 Å². The van der Waals surface area contributed by atoms with Crippen molar-refractivity contribution in [1.29, 1.82) is 0 Å². The Morgan fingerprint density at radius 2 is 2.13 bits per heavy atom. The second-order valence-corrected chi connectivity index (χ2v) is 6.56. The molecule has 0 bridgehead atoms. The molecule has 0 aromatic heterocycles. The third kappa shape index (κ3) is 4.44. The third-order valence-corrected chi connectivity index (χ3v) is 4.46. The molecule has 1 rings (SSSR count). The molecule has 2 N–H and O–H groups in total. The van der Waals surface area contributed by atoms with Crippen LogP contribution in [0.25, 0.3) is 0 Å². The average Bonchev–Trinajstić information content (AvgIpc) is 2.86. The van der Waals surface area contributed by atoms with Crippen molar-refractivity contribution in [3.63, 3.8) is 0 Å². The number of hydrogen-bond donors (Lipinski definition) is 1. The molecule has 0 heterocycles. The molecule has 0 saturated heterocycles. The Bertz CT molecular complexity index is 323. The highest BCUT2D eigenvalue weighted by Gasteiger charge is 2.31. The van der Waals surface area contributed by atoms with Gasteiger partial charge in [0.05, 0.1) is 17.3 Å². The Hall–Kier alpha value is -0.200. The van der Waals surface area contributed by atoms with Crippen LogP contribution in [0.4, 0.5) is 0 Å². The largest absolute Gasteiger partial charge is 0.392 e. The summed E-state index contributed by atoms with van der Waals surface area (Å²) in [4.78, 5) is 0.239. The third-order valence-electron chi connectivity index (χ3n) is 2.34. The summed E-state index contributed by atoms with van der Waals surface area (Å²) in [5.41, 5.74) is 5.39. The molecule has 1 aliphatic carbocycles. The van der Waals surface area contributed by atoms with E-state index in [1.807, 2.05) is 6.92 Å². The Kier molecular flexibility index (Phi) is 4.48. The molecule has 0 aromatic carbocycles. The summed E-state index contributed by atoms with van der Waals surface area (Å²) in [6, 6.07) is 0. The molecule has 6 heteroatoms. The van der Waals surface area contributed by atoms with E-state index < -0.39 is 10.0 Å². The molecule has 88 valence electrons. The first-order valence-corrected chi connectivity index (χ1v) is 7.23. The predicted molar refractivity (Wildman–Crippen MR) is 65.2 cm³/mol. The van der Waals surface area contributed by atoms with Gasteiger partial charge < -0.3 is 5.73 Å². The highest BCUT2D eigenvalue weighted by molar-refractivity contribution is 7.89. The SMILES string of the molecule is CCCN(CC(N)=S)S(=O)(=O)CC1CC1. The first kappa shape index (κ1) is 12.9. The van der Waals surface area contributed by atoms with Gasteiger partial charge in [0.25, 0.3) is 0 Å². The maximum absolute atomic E-state index is 11.9. The highest BCUT2D eigenvalue weighted by Crippen LogP contribution is 2.31. The van der Waals surface area contributed by atoms with E-state index in [-0.39, 0.29) is 17.3 Å². The van der Waals surface area contributed by atoms with E-state index in [4.69, 9.17) is 18.0 Å². The van der Waals surface area contributed by atoms with E-state index in [1.54, 1.807) is 0 Å². The van der Waals surface area contributed by atoms with E-state index in [0.29, 0.717) is 12.5 Å². The smallest absolute Gasteiger partial charge is 0.214 e. The van der Waals surface area contributed by atoms with E-state index in [9.17, 15) is 8.42 Å². The van der Waals surface area contributed by atoms with E-state index in [0.717, 1.165) is 19.3 Å². The molecular weight excluding hydrogens is 232 g/mol. The lowest BCUT2D eigenvalue weighted by Gasteiger charge is -2.20. The molecule has 0 atom stereocenters. The van der Waals surface area contributed by atoms with Gasteiger partial charge in [-0.3, -0.25) is 0 Å². The van der Waals surface area contributed by atoms with Crippen LogP contribution >= 0.6 is 12.2 Å². The van der Waals surface area contributed by atoms with Gasteiger partial charge >= 0.3 is 0 Å². The first-order chi connectivity index (χ1) is 6.95. The summed E-state index contributed by atoms with van der Waals surface area (Å²) in [6.45, 7) is 2.63. The van der Waals surface area contributed by atoms with Gasteiger partial charge in [-0.25, -0.2) is 8.42 Å². The van der Waals surface area contributed by atoms with Crippen LogP contribution in [-0.2, 0) is 10.0 Å². The molecule has 0 aliphatic heterocycles. The summed E-state index contributed by atoms with van der Waals surface area (Å²) in [7, 11) is -3.15. The molecule has 0 aromatic rings. The first-order valence-electron chi connectivity index (χ1n) is 5.22. The van der Waals surface area contributed by atoms with E-state index in [2.05, 4.69) is 0 Å². The summed E-state index contributed by atoms with van der Waals surface area (Å²) in [5, 5.41) is 0. The zero-order valence-electron chi connectivity index (χ0n) is 8.98. The zero-order valence-corrected chi connectivity index (χ0v) is 10.6. The summed E-state index contributed by atoms with van der Waals surface area (Å²) in [5.74, 6) is 0.621. The minimum absolute atomic E-state index is 0.179. The number of nitrogens with zero attached hydrogens (tertiary/aromatic N) is 1. The molecule has 4 nitrogen and oxygen atoms in total. The Morgan fingerprint density at radius 3 is 2.53 bits per heavy atom. The summed E-state index contributed by atoms with van der Waals surface area (Å²) < 4.78 is 25.2. The van der Waals surface area contributed by atoms with E-state index in [1.165, 1.54) is 4.31 Å². The molecule has 0 amide bonds. The number of rotatable bonds is 7. The fourth-order valence-corrected chi connectivity index (χ4v) is 3.60. The second-order valence-electron chi connectivity index (χ2n) is 4.02. The molecular formula is C9H18N2O2S2. The van der Waals surface area contributed by atoms with Gasteiger partial charge in [-0.15, -0.1) is 0 Å². The normalized spacial score (nSPS) is 16.9. The number of nitrogens with two attached hydrogens (primary N) is 1. The van der Waals surface area contributed by atoms with Crippen LogP contribution in [0.15, 0.2) is 0 Å². The monoisotopic (exact) mass is 250 g/mol. The molecule has 0 radical (unpaired) electrons. The standard InChI is InChI=1S/C9H18N2O2S2/c1-2-5-11(6-9(10)14)15(12,13)7-8-3-4-8/h8H,2-7H2,1H3,(H2,10,14). The van der Waals surface area contributed by atoms with Gasteiger partial charge in [-0.1, -0.05) is 19.1 Å².